The molecule has 5 heteroatoms. The summed E-state index contributed by atoms with van der Waals surface area (Å²) < 4.78 is 28.8. The molecule has 72 valence electrons. The van der Waals surface area contributed by atoms with Crippen molar-refractivity contribution in [2.24, 2.45) is 0 Å². The first-order chi connectivity index (χ1) is 6.15. The summed E-state index contributed by atoms with van der Waals surface area (Å²) in [5.41, 5.74) is 0. The van der Waals surface area contributed by atoms with E-state index in [-0.39, 0.29) is 5.75 Å². The van der Waals surface area contributed by atoms with Gasteiger partial charge in [-0.2, -0.15) is 8.78 Å². The first-order valence-electron chi connectivity index (χ1n) is 3.42. The zero-order valence-corrected chi connectivity index (χ0v) is 9.16. The number of hydrogen-bond donors (Lipinski definition) is 0. The van der Waals surface area contributed by atoms with Crippen LogP contribution in [0.2, 0.25) is 0 Å². The van der Waals surface area contributed by atoms with Crippen LogP contribution in [0.5, 0.6) is 5.75 Å². The number of halogens is 3. The van der Waals surface area contributed by atoms with Crippen molar-refractivity contribution in [2.75, 3.05) is 6.26 Å². The van der Waals surface area contributed by atoms with Crippen LogP contribution >= 0.6 is 27.7 Å². The van der Waals surface area contributed by atoms with E-state index in [1.165, 1.54) is 11.8 Å². The molecule has 1 aromatic rings. The highest BCUT2D eigenvalue weighted by Crippen LogP contribution is 2.35. The van der Waals surface area contributed by atoms with E-state index in [9.17, 15) is 8.78 Å². The molecule has 0 aromatic heterocycles. The van der Waals surface area contributed by atoms with Crippen molar-refractivity contribution in [2.45, 2.75) is 11.5 Å². The van der Waals surface area contributed by atoms with Gasteiger partial charge in [-0.1, -0.05) is 6.07 Å². The van der Waals surface area contributed by atoms with E-state index in [0.717, 1.165) is 0 Å². The van der Waals surface area contributed by atoms with Crippen LogP contribution in [0.25, 0.3) is 0 Å². The molecule has 0 aliphatic rings. The van der Waals surface area contributed by atoms with Crippen molar-refractivity contribution in [3.8, 4) is 5.75 Å². The maximum Gasteiger partial charge on any atom is 0.387 e. The van der Waals surface area contributed by atoms with Crippen LogP contribution in [0.3, 0.4) is 0 Å². The van der Waals surface area contributed by atoms with Gasteiger partial charge < -0.3 is 4.74 Å². The average molecular weight is 269 g/mol. The van der Waals surface area contributed by atoms with Crippen molar-refractivity contribution in [3.05, 3.63) is 22.7 Å². The molecule has 0 unspecified atom stereocenters. The first kappa shape index (κ1) is 10.8. The number of hydrogen-bond acceptors (Lipinski definition) is 2. The molecule has 0 saturated carbocycles. The summed E-state index contributed by atoms with van der Waals surface area (Å²) in [5.74, 6) is 0.199. The molecule has 0 fully saturated rings. The van der Waals surface area contributed by atoms with Crippen molar-refractivity contribution >= 4 is 27.7 Å². The zero-order valence-electron chi connectivity index (χ0n) is 6.76. The molecular formula is C8H7BrF2OS. The molecule has 0 aliphatic carbocycles. The number of ether oxygens (including phenoxy) is 1. The van der Waals surface area contributed by atoms with Gasteiger partial charge in [-0.15, -0.1) is 11.8 Å². The smallest absolute Gasteiger partial charge is 0.387 e. The predicted molar refractivity (Wildman–Crippen MR) is 52.6 cm³/mol. The maximum atomic E-state index is 12.0. The molecule has 0 heterocycles. The van der Waals surface area contributed by atoms with Crippen LogP contribution in [0.4, 0.5) is 8.78 Å². The minimum absolute atomic E-state index is 0.199. The van der Waals surface area contributed by atoms with Gasteiger partial charge in [0.05, 0.1) is 9.37 Å². The van der Waals surface area contributed by atoms with E-state index in [2.05, 4.69) is 20.7 Å². The third kappa shape index (κ3) is 2.84. The molecule has 0 saturated heterocycles. The topological polar surface area (TPSA) is 9.23 Å². The van der Waals surface area contributed by atoms with Crippen LogP contribution in [0, 0.1) is 0 Å². The molecule has 0 atom stereocenters. The van der Waals surface area contributed by atoms with Gasteiger partial charge in [-0.25, -0.2) is 0 Å². The van der Waals surface area contributed by atoms with Crippen LogP contribution in [0.1, 0.15) is 0 Å². The summed E-state index contributed by atoms with van der Waals surface area (Å²) in [5, 5.41) is 0. The second kappa shape index (κ2) is 4.81. The third-order valence-corrected chi connectivity index (χ3v) is 2.74. The van der Waals surface area contributed by atoms with Crippen LogP contribution < -0.4 is 4.74 Å². The summed E-state index contributed by atoms with van der Waals surface area (Å²) in [7, 11) is 0. The molecule has 0 radical (unpaired) electrons. The largest absolute Gasteiger partial charge is 0.432 e. The Morgan fingerprint density at radius 1 is 1.46 bits per heavy atom. The Morgan fingerprint density at radius 3 is 2.69 bits per heavy atom. The van der Waals surface area contributed by atoms with Crippen molar-refractivity contribution in [1.82, 2.24) is 0 Å². The Hall–Kier alpha value is -0.290. The summed E-state index contributed by atoms with van der Waals surface area (Å²) in [6.45, 7) is -2.79. The molecule has 0 spiro atoms. The lowest BCUT2D eigenvalue weighted by molar-refractivity contribution is -0.0521. The minimum Gasteiger partial charge on any atom is -0.432 e. The monoisotopic (exact) mass is 268 g/mol. The van der Waals surface area contributed by atoms with Gasteiger partial charge in [0.2, 0.25) is 0 Å². The molecule has 13 heavy (non-hydrogen) atoms. The van der Waals surface area contributed by atoms with E-state index in [4.69, 9.17) is 0 Å². The van der Waals surface area contributed by atoms with E-state index >= 15 is 0 Å². The normalized spacial score (nSPS) is 10.5. The number of rotatable bonds is 3. The van der Waals surface area contributed by atoms with Crippen molar-refractivity contribution < 1.29 is 13.5 Å². The number of benzene rings is 1. The van der Waals surface area contributed by atoms with Crippen molar-refractivity contribution in [3.63, 3.8) is 0 Å². The summed E-state index contributed by atoms with van der Waals surface area (Å²) in [4.78, 5) is 0.690. The van der Waals surface area contributed by atoms with Gasteiger partial charge in [0, 0.05) is 0 Å². The molecular weight excluding hydrogens is 262 g/mol. The quantitative estimate of drug-likeness (QED) is 0.772. The maximum absolute atomic E-state index is 12.0. The van der Waals surface area contributed by atoms with Crippen LogP contribution in [-0.4, -0.2) is 12.9 Å². The van der Waals surface area contributed by atoms with Crippen LogP contribution in [-0.2, 0) is 0 Å². The zero-order chi connectivity index (χ0) is 9.84. The van der Waals surface area contributed by atoms with Gasteiger partial charge >= 0.3 is 6.61 Å². The van der Waals surface area contributed by atoms with Gasteiger partial charge in [0.1, 0.15) is 0 Å². The first-order valence-corrected chi connectivity index (χ1v) is 5.44. The molecule has 0 N–H and O–H groups in total. The second-order valence-electron chi connectivity index (χ2n) is 2.15. The standard InChI is InChI=1S/C8H7BrF2OS/c1-13-6-4-2-3-5(9)7(6)12-8(10)11/h2-4,8H,1H3. The third-order valence-electron chi connectivity index (χ3n) is 1.36. The van der Waals surface area contributed by atoms with E-state index in [1.54, 1.807) is 24.5 Å². The molecule has 0 amide bonds. The Morgan fingerprint density at radius 2 is 2.15 bits per heavy atom. The highest BCUT2D eigenvalue weighted by Gasteiger charge is 2.11. The fraction of sp³-hybridized carbons (Fsp3) is 0.250. The second-order valence-corrected chi connectivity index (χ2v) is 3.85. The van der Waals surface area contributed by atoms with Gasteiger partial charge in [-0.3, -0.25) is 0 Å². The fourth-order valence-electron chi connectivity index (χ4n) is 0.853. The van der Waals surface area contributed by atoms with Gasteiger partial charge in [-0.05, 0) is 34.3 Å². The van der Waals surface area contributed by atoms with Gasteiger partial charge in [0.25, 0.3) is 0 Å². The highest BCUT2D eigenvalue weighted by molar-refractivity contribution is 9.10. The summed E-state index contributed by atoms with van der Waals surface area (Å²) >= 11 is 4.51. The lowest BCUT2D eigenvalue weighted by Gasteiger charge is -2.10. The lowest BCUT2D eigenvalue weighted by atomic mass is 10.3. The molecule has 1 aromatic carbocycles. The molecule has 1 nitrogen and oxygen atoms in total. The minimum atomic E-state index is -2.79. The SMILES string of the molecule is CSc1cccc(Br)c1OC(F)F. The summed E-state index contributed by atoms with van der Waals surface area (Å²) in [6, 6.07) is 5.17. The Labute approximate surface area is 87.6 Å². The van der Waals surface area contributed by atoms with E-state index in [1.807, 2.05) is 0 Å². The molecule has 1 rings (SSSR count). The van der Waals surface area contributed by atoms with Gasteiger partial charge in [0.15, 0.2) is 5.75 Å². The Kier molecular flexibility index (Phi) is 3.99. The number of alkyl halides is 2. The Bertz CT molecular complexity index is 293. The lowest BCUT2D eigenvalue weighted by Crippen LogP contribution is -2.03. The Balaban J connectivity index is 3.00. The summed E-state index contributed by atoms with van der Waals surface area (Å²) in [6.07, 6.45) is 1.81. The fourth-order valence-corrected chi connectivity index (χ4v) is 2.00. The number of thioether (sulfide) groups is 1. The predicted octanol–water partition coefficient (Wildman–Crippen LogP) is 3.77. The van der Waals surface area contributed by atoms with E-state index < -0.39 is 6.61 Å². The molecule has 0 bridgehead atoms. The average Bonchev–Trinajstić information content (AvgIpc) is 2.08. The highest BCUT2D eigenvalue weighted by atomic mass is 79.9. The van der Waals surface area contributed by atoms with E-state index in [0.29, 0.717) is 9.37 Å². The number of para-hydroxylation sites is 1. The molecule has 0 aliphatic heterocycles. The van der Waals surface area contributed by atoms with Crippen molar-refractivity contribution in [1.29, 1.82) is 0 Å². The van der Waals surface area contributed by atoms with Crippen LogP contribution in [0.15, 0.2) is 27.6 Å².